The largest absolute Gasteiger partial charge is 0.506 e. The van der Waals surface area contributed by atoms with Crippen molar-refractivity contribution >= 4 is 22.1 Å². The fourth-order valence-electron chi connectivity index (χ4n) is 3.76. The van der Waals surface area contributed by atoms with Gasteiger partial charge in [-0.05, 0) is 36.4 Å². The predicted octanol–water partition coefficient (Wildman–Crippen LogP) is 4.33. The second kappa shape index (κ2) is 6.74. The highest BCUT2D eigenvalue weighted by Gasteiger charge is 2.15. The molecule has 0 aliphatic heterocycles. The average molecular weight is 405 g/mol. The number of aromatic amines is 2. The molecule has 0 saturated carbocycles. The van der Waals surface area contributed by atoms with Gasteiger partial charge in [0, 0.05) is 52.3 Å². The molecular formula is C23H15N7O. The molecule has 0 amide bonds. The van der Waals surface area contributed by atoms with Gasteiger partial charge in [0.2, 0.25) is 0 Å². The van der Waals surface area contributed by atoms with Crippen LogP contribution in [-0.2, 0) is 0 Å². The van der Waals surface area contributed by atoms with Crippen LogP contribution in [0.25, 0.3) is 55.8 Å². The first kappa shape index (κ1) is 17.3. The van der Waals surface area contributed by atoms with Gasteiger partial charge in [0.15, 0.2) is 5.65 Å². The van der Waals surface area contributed by atoms with E-state index in [4.69, 9.17) is 0 Å². The molecule has 0 radical (unpaired) electrons. The number of nitrogens with zero attached hydrogens (tertiary/aromatic N) is 5. The number of fused-ring (bicyclic) bond motifs is 2. The van der Waals surface area contributed by atoms with E-state index in [9.17, 15) is 5.11 Å². The Morgan fingerprint density at radius 3 is 2.61 bits per heavy atom. The molecule has 3 N–H and O–H groups in total. The molecule has 0 aliphatic carbocycles. The van der Waals surface area contributed by atoms with Crippen molar-refractivity contribution in [2.75, 3.05) is 0 Å². The number of pyridine rings is 4. The van der Waals surface area contributed by atoms with E-state index in [0.717, 1.165) is 50.2 Å². The van der Waals surface area contributed by atoms with E-state index < -0.39 is 0 Å². The Morgan fingerprint density at radius 2 is 1.74 bits per heavy atom. The van der Waals surface area contributed by atoms with E-state index in [-0.39, 0.29) is 5.75 Å². The minimum Gasteiger partial charge on any atom is -0.506 e. The van der Waals surface area contributed by atoms with Gasteiger partial charge in [0.1, 0.15) is 11.4 Å². The van der Waals surface area contributed by atoms with Crippen LogP contribution in [0.4, 0.5) is 0 Å². The molecule has 0 aliphatic rings. The van der Waals surface area contributed by atoms with Gasteiger partial charge < -0.3 is 10.1 Å². The highest BCUT2D eigenvalue weighted by molar-refractivity contribution is 5.99. The van der Waals surface area contributed by atoms with Gasteiger partial charge in [-0.25, -0.2) is 9.97 Å². The second-order valence-corrected chi connectivity index (χ2v) is 7.14. The van der Waals surface area contributed by atoms with Gasteiger partial charge in [-0.15, -0.1) is 0 Å². The topological polar surface area (TPSA) is 116 Å². The lowest BCUT2D eigenvalue weighted by Crippen LogP contribution is -1.84. The molecule has 6 rings (SSSR count). The predicted molar refractivity (Wildman–Crippen MR) is 117 cm³/mol. The quantitative estimate of drug-likeness (QED) is 0.403. The van der Waals surface area contributed by atoms with Crippen LogP contribution in [0, 0.1) is 0 Å². The van der Waals surface area contributed by atoms with Crippen molar-refractivity contribution in [2.45, 2.75) is 0 Å². The maximum absolute atomic E-state index is 9.76. The zero-order valence-corrected chi connectivity index (χ0v) is 16.1. The molecule has 6 heterocycles. The van der Waals surface area contributed by atoms with Crippen LogP contribution in [0.3, 0.4) is 0 Å². The van der Waals surface area contributed by atoms with Crippen molar-refractivity contribution in [2.24, 2.45) is 0 Å². The van der Waals surface area contributed by atoms with E-state index in [1.165, 1.54) is 6.20 Å². The number of aromatic hydroxyl groups is 1. The smallest absolute Gasteiger partial charge is 0.181 e. The van der Waals surface area contributed by atoms with E-state index in [1.807, 2.05) is 36.4 Å². The molecule has 0 atom stereocenters. The van der Waals surface area contributed by atoms with Gasteiger partial charge in [0.25, 0.3) is 0 Å². The van der Waals surface area contributed by atoms with Crippen molar-refractivity contribution in [3.05, 3.63) is 73.4 Å². The van der Waals surface area contributed by atoms with E-state index in [0.29, 0.717) is 5.65 Å². The fourth-order valence-corrected chi connectivity index (χ4v) is 3.76. The number of nitrogens with one attached hydrogen (secondary N) is 2. The van der Waals surface area contributed by atoms with Crippen LogP contribution in [-0.4, -0.2) is 40.2 Å². The zero-order chi connectivity index (χ0) is 20.8. The maximum Gasteiger partial charge on any atom is 0.181 e. The van der Waals surface area contributed by atoms with Crippen LogP contribution in [0.2, 0.25) is 0 Å². The maximum atomic E-state index is 9.76. The lowest BCUT2D eigenvalue weighted by atomic mass is 10.1. The van der Waals surface area contributed by atoms with Crippen LogP contribution >= 0.6 is 0 Å². The van der Waals surface area contributed by atoms with E-state index in [2.05, 4.69) is 35.1 Å². The molecule has 0 spiro atoms. The summed E-state index contributed by atoms with van der Waals surface area (Å²) < 4.78 is 0. The first-order valence-electron chi connectivity index (χ1n) is 9.64. The van der Waals surface area contributed by atoms with Crippen LogP contribution in [0.15, 0.2) is 73.4 Å². The monoisotopic (exact) mass is 405 g/mol. The third kappa shape index (κ3) is 2.89. The van der Waals surface area contributed by atoms with Gasteiger partial charge in [0.05, 0.1) is 23.3 Å². The van der Waals surface area contributed by atoms with Gasteiger partial charge >= 0.3 is 0 Å². The minimum atomic E-state index is 0.105. The Labute approximate surface area is 175 Å². The van der Waals surface area contributed by atoms with Gasteiger partial charge in [-0.1, -0.05) is 6.07 Å². The van der Waals surface area contributed by atoms with Crippen LogP contribution in [0.1, 0.15) is 0 Å². The molecule has 8 heteroatoms. The molecule has 6 aromatic heterocycles. The number of aromatic nitrogens is 7. The molecule has 8 nitrogen and oxygen atoms in total. The molecule has 0 unspecified atom stereocenters. The van der Waals surface area contributed by atoms with Gasteiger partial charge in [-0.2, -0.15) is 5.10 Å². The summed E-state index contributed by atoms with van der Waals surface area (Å²) in [4.78, 5) is 20.9. The summed E-state index contributed by atoms with van der Waals surface area (Å²) >= 11 is 0. The Balaban J connectivity index is 1.51. The molecule has 148 valence electrons. The summed E-state index contributed by atoms with van der Waals surface area (Å²) in [5.74, 6) is 0.105. The van der Waals surface area contributed by atoms with Crippen LogP contribution in [0.5, 0.6) is 5.75 Å². The molecule has 0 fully saturated rings. The summed E-state index contributed by atoms with van der Waals surface area (Å²) in [6.45, 7) is 0. The number of H-pyrrole nitrogens is 2. The Hall–Kier alpha value is -4.59. The molecule has 0 aromatic carbocycles. The number of rotatable bonds is 3. The summed E-state index contributed by atoms with van der Waals surface area (Å²) in [5.41, 5.74) is 6.52. The molecule has 0 bridgehead atoms. The third-order valence-electron chi connectivity index (χ3n) is 5.21. The van der Waals surface area contributed by atoms with Crippen LogP contribution < -0.4 is 0 Å². The minimum absolute atomic E-state index is 0.105. The summed E-state index contributed by atoms with van der Waals surface area (Å²) in [5, 5.41) is 19.0. The van der Waals surface area contributed by atoms with Crippen molar-refractivity contribution in [1.29, 1.82) is 0 Å². The summed E-state index contributed by atoms with van der Waals surface area (Å²) in [6, 6.07) is 13.5. The third-order valence-corrected chi connectivity index (χ3v) is 5.21. The van der Waals surface area contributed by atoms with Crippen molar-refractivity contribution in [1.82, 2.24) is 35.1 Å². The first-order chi connectivity index (χ1) is 15.3. The van der Waals surface area contributed by atoms with Crippen molar-refractivity contribution in [3.8, 4) is 39.5 Å². The highest BCUT2D eigenvalue weighted by atomic mass is 16.3. The van der Waals surface area contributed by atoms with Gasteiger partial charge in [-0.3, -0.25) is 15.1 Å². The molecule has 0 saturated heterocycles. The molecule has 31 heavy (non-hydrogen) atoms. The average Bonchev–Trinajstić information content (AvgIpc) is 3.43. The van der Waals surface area contributed by atoms with E-state index >= 15 is 0 Å². The first-order valence-corrected chi connectivity index (χ1v) is 9.64. The van der Waals surface area contributed by atoms with Crippen molar-refractivity contribution < 1.29 is 5.11 Å². The second-order valence-electron chi connectivity index (χ2n) is 7.14. The highest BCUT2D eigenvalue weighted by Crippen LogP contribution is 2.33. The normalized spacial score (nSPS) is 11.4. The zero-order valence-electron chi connectivity index (χ0n) is 16.1. The Bertz CT molecular complexity index is 1550. The Morgan fingerprint density at radius 1 is 0.806 bits per heavy atom. The SMILES string of the molecule is Oc1cncc(-c2cnc3n[nH]c(-c4cc5c(-c6ccccn6)ccnc5[nH]4)c3c2)c1. The Kier molecular flexibility index (Phi) is 3.76. The summed E-state index contributed by atoms with van der Waals surface area (Å²) in [6.07, 6.45) is 8.35. The molecular weight excluding hydrogens is 390 g/mol. The fraction of sp³-hybridized carbons (Fsp3) is 0. The lowest BCUT2D eigenvalue weighted by molar-refractivity contribution is 0.473. The van der Waals surface area contributed by atoms with E-state index in [1.54, 1.807) is 30.9 Å². The summed E-state index contributed by atoms with van der Waals surface area (Å²) in [7, 11) is 0. The standard InChI is InChI=1S/C23H15N7O/c31-15-7-13(10-24-12-15)14-8-18-21(29-30-23(18)27-11-14)20-9-17-16(4-6-26-22(17)28-20)19-3-1-2-5-25-19/h1-12,31H,(H,26,28)(H,27,29,30). The number of hydrogen-bond acceptors (Lipinski definition) is 6. The lowest BCUT2D eigenvalue weighted by Gasteiger charge is -2.02. The number of hydrogen-bond donors (Lipinski definition) is 3. The van der Waals surface area contributed by atoms with Crippen molar-refractivity contribution in [3.63, 3.8) is 0 Å². The molecule has 6 aromatic rings.